The first-order valence-corrected chi connectivity index (χ1v) is 14.1. The summed E-state index contributed by atoms with van der Waals surface area (Å²) >= 11 is 0. The summed E-state index contributed by atoms with van der Waals surface area (Å²) in [6.45, 7) is 15.5. The van der Waals surface area contributed by atoms with Gasteiger partial charge in [-0.15, -0.1) is 19.7 Å². The summed E-state index contributed by atoms with van der Waals surface area (Å²) in [7, 11) is 0. The summed E-state index contributed by atoms with van der Waals surface area (Å²) in [5.41, 5.74) is 3.04. The second-order valence-corrected chi connectivity index (χ2v) is 10.0. The van der Waals surface area contributed by atoms with Crippen LogP contribution in [0.2, 0.25) is 0 Å². The van der Waals surface area contributed by atoms with Crippen molar-refractivity contribution in [3.8, 4) is 0 Å². The van der Waals surface area contributed by atoms with Gasteiger partial charge in [-0.05, 0) is 35.4 Å². The minimum atomic E-state index is -0.296. The van der Waals surface area contributed by atoms with E-state index < -0.39 is 0 Å². The molecule has 4 aromatic rings. The molecule has 2 aromatic heterocycles. The molecule has 0 aliphatic carbocycles. The lowest BCUT2D eigenvalue weighted by Crippen LogP contribution is -2.48. The number of nitrogens with zero attached hydrogens (tertiary/aromatic N) is 6. The van der Waals surface area contributed by atoms with Crippen LogP contribution < -0.4 is 20.9 Å². The number of benzene rings is 2. The van der Waals surface area contributed by atoms with Gasteiger partial charge in [0.25, 0.3) is 0 Å². The van der Waals surface area contributed by atoms with Crippen molar-refractivity contribution in [2.24, 2.45) is 0 Å². The molecule has 9 nitrogen and oxygen atoms in total. The standard InChI is InChI=1S/C32H35F2N9/c1-4-15-35-29-27-26(38-31(40-29)37-17-6-3)30(36-16-5-2)41-32(39-27)43-20-18-42(19-21-43)28(22-7-11-24(33)12-8-22)23-9-13-25(34)14-10-23/h4-14,28H,1-3,15-21H2,(H,36,39,41)(H2,35,37,38,40). The average molecular weight is 584 g/mol. The van der Waals surface area contributed by atoms with E-state index in [1.165, 1.54) is 24.3 Å². The van der Waals surface area contributed by atoms with Gasteiger partial charge >= 0.3 is 0 Å². The molecule has 11 heteroatoms. The third-order valence-electron chi connectivity index (χ3n) is 7.10. The van der Waals surface area contributed by atoms with Gasteiger partial charge in [0.1, 0.15) is 22.7 Å². The van der Waals surface area contributed by atoms with E-state index in [2.05, 4.69) is 50.5 Å². The fraction of sp³-hybridized carbons (Fsp3) is 0.250. The number of fused-ring (bicyclic) bond motifs is 1. The van der Waals surface area contributed by atoms with Crippen molar-refractivity contribution in [2.75, 3.05) is 66.7 Å². The van der Waals surface area contributed by atoms with Crippen molar-refractivity contribution in [3.05, 3.63) is 109 Å². The summed E-state index contributed by atoms with van der Waals surface area (Å²) in [6.07, 6.45) is 5.24. The molecule has 0 unspecified atom stereocenters. The quantitative estimate of drug-likeness (QED) is 0.179. The highest BCUT2D eigenvalue weighted by molar-refractivity contribution is 5.94. The van der Waals surface area contributed by atoms with Crippen LogP contribution in [0.3, 0.4) is 0 Å². The van der Waals surface area contributed by atoms with Crippen LogP contribution in [0.15, 0.2) is 86.5 Å². The lowest BCUT2D eigenvalue weighted by atomic mass is 9.96. The highest BCUT2D eigenvalue weighted by Crippen LogP contribution is 2.32. The van der Waals surface area contributed by atoms with Crippen molar-refractivity contribution in [1.82, 2.24) is 24.8 Å². The Kier molecular flexibility index (Phi) is 9.52. The van der Waals surface area contributed by atoms with Gasteiger partial charge in [0, 0.05) is 45.8 Å². The number of hydrogen-bond acceptors (Lipinski definition) is 9. The Hall–Kier alpha value is -4.90. The highest BCUT2D eigenvalue weighted by atomic mass is 19.1. The maximum atomic E-state index is 13.8. The largest absolute Gasteiger partial charge is 0.365 e. The molecule has 0 amide bonds. The van der Waals surface area contributed by atoms with Gasteiger partial charge in [-0.2, -0.15) is 9.97 Å². The monoisotopic (exact) mass is 583 g/mol. The Labute approximate surface area is 250 Å². The van der Waals surface area contributed by atoms with Gasteiger partial charge in [0.15, 0.2) is 11.6 Å². The van der Waals surface area contributed by atoms with Crippen molar-refractivity contribution in [2.45, 2.75) is 6.04 Å². The molecule has 1 aliphatic rings. The van der Waals surface area contributed by atoms with Crippen molar-refractivity contribution in [3.63, 3.8) is 0 Å². The zero-order valence-corrected chi connectivity index (χ0v) is 23.9. The maximum absolute atomic E-state index is 13.8. The first-order valence-electron chi connectivity index (χ1n) is 14.1. The molecular weight excluding hydrogens is 548 g/mol. The molecule has 0 bridgehead atoms. The molecule has 0 saturated carbocycles. The summed E-state index contributed by atoms with van der Waals surface area (Å²) in [5, 5.41) is 9.74. The summed E-state index contributed by atoms with van der Waals surface area (Å²) in [5.74, 6) is 1.52. The van der Waals surface area contributed by atoms with Gasteiger partial charge in [-0.1, -0.05) is 42.5 Å². The fourth-order valence-electron chi connectivity index (χ4n) is 5.06. The third kappa shape index (κ3) is 6.95. The molecule has 43 heavy (non-hydrogen) atoms. The molecule has 1 fully saturated rings. The van der Waals surface area contributed by atoms with Gasteiger partial charge in [-0.25, -0.2) is 18.7 Å². The number of piperazine rings is 1. The summed E-state index contributed by atoms with van der Waals surface area (Å²) < 4.78 is 27.5. The summed E-state index contributed by atoms with van der Waals surface area (Å²) in [6, 6.07) is 12.8. The second kappa shape index (κ2) is 13.8. The minimum absolute atomic E-state index is 0.157. The zero-order chi connectivity index (χ0) is 30.2. The van der Waals surface area contributed by atoms with E-state index in [0.29, 0.717) is 80.4 Å². The zero-order valence-electron chi connectivity index (χ0n) is 23.9. The smallest absolute Gasteiger partial charge is 0.228 e. The molecule has 2 aromatic carbocycles. The summed E-state index contributed by atoms with van der Waals surface area (Å²) in [4.78, 5) is 23.6. The molecule has 0 radical (unpaired) electrons. The predicted octanol–water partition coefficient (Wildman–Crippen LogP) is 5.40. The first kappa shape index (κ1) is 29.6. The number of hydrogen-bond donors (Lipinski definition) is 3. The third-order valence-corrected chi connectivity index (χ3v) is 7.10. The Morgan fingerprint density at radius 3 is 1.67 bits per heavy atom. The van der Waals surface area contributed by atoms with E-state index in [9.17, 15) is 8.78 Å². The highest BCUT2D eigenvalue weighted by Gasteiger charge is 2.28. The van der Waals surface area contributed by atoms with Crippen LogP contribution in [0.4, 0.5) is 32.3 Å². The molecule has 3 N–H and O–H groups in total. The van der Waals surface area contributed by atoms with Crippen molar-refractivity contribution >= 4 is 34.6 Å². The molecule has 222 valence electrons. The van der Waals surface area contributed by atoms with Gasteiger partial charge in [-0.3, -0.25) is 4.90 Å². The minimum Gasteiger partial charge on any atom is -0.365 e. The molecular formula is C32H35F2N9. The fourth-order valence-corrected chi connectivity index (χ4v) is 5.06. The Balaban J connectivity index is 1.46. The molecule has 5 rings (SSSR count). The van der Waals surface area contributed by atoms with Crippen LogP contribution in [-0.2, 0) is 0 Å². The Bertz CT molecular complexity index is 1520. The van der Waals surface area contributed by atoms with Gasteiger partial charge in [0.2, 0.25) is 11.9 Å². The van der Waals surface area contributed by atoms with Crippen molar-refractivity contribution in [1.29, 1.82) is 0 Å². The van der Waals surface area contributed by atoms with E-state index in [1.54, 1.807) is 42.5 Å². The number of anilines is 4. The SMILES string of the molecule is C=CCNc1nc(NCC=C)c2nc(N3CCN(C(c4ccc(F)cc4)c4ccc(F)cc4)CC3)nc(NCC=C)c2n1. The molecule has 0 spiro atoms. The van der Waals surface area contributed by atoms with Crippen LogP contribution >= 0.6 is 0 Å². The van der Waals surface area contributed by atoms with Gasteiger partial charge in [0.05, 0.1) is 6.04 Å². The van der Waals surface area contributed by atoms with E-state index >= 15 is 0 Å². The Morgan fingerprint density at radius 2 is 1.14 bits per heavy atom. The molecule has 1 aliphatic heterocycles. The maximum Gasteiger partial charge on any atom is 0.228 e. The second-order valence-electron chi connectivity index (χ2n) is 10.0. The molecule has 3 heterocycles. The number of aromatic nitrogens is 4. The topological polar surface area (TPSA) is 94.1 Å². The molecule has 0 atom stereocenters. The first-order chi connectivity index (χ1) is 21.0. The molecule has 1 saturated heterocycles. The normalized spacial score (nSPS) is 13.6. The number of nitrogens with one attached hydrogen (secondary N) is 3. The predicted molar refractivity (Wildman–Crippen MR) is 170 cm³/mol. The average Bonchev–Trinajstić information content (AvgIpc) is 3.03. The van der Waals surface area contributed by atoms with E-state index in [1.807, 2.05) is 0 Å². The van der Waals surface area contributed by atoms with E-state index in [0.717, 1.165) is 11.1 Å². The van der Waals surface area contributed by atoms with Crippen LogP contribution in [0, 0.1) is 11.6 Å². The van der Waals surface area contributed by atoms with Crippen LogP contribution in [-0.4, -0.2) is 70.6 Å². The van der Waals surface area contributed by atoms with Crippen molar-refractivity contribution < 1.29 is 8.78 Å². The van der Waals surface area contributed by atoms with Gasteiger partial charge < -0.3 is 20.9 Å². The van der Waals surface area contributed by atoms with Crippen LogP contribution in [0.5, 0.6) is 0 Å². The number of rotatable bonds is 13. The van der Waals surface area contributed by atoms with Crippen LogP contribution in [0.25, 0.3) is 11.0 Å². The van der Waals surface area contributed by atoms with E-state index in [4.69, 9.17) is 15.0 Å². The Morgan fingerprint density at radius 1 is 0.651 bits per heavy atom. The van der Waals surface area contributed by atoms with Crippen LogP contribution in [0.1, 0.15) is 17.2 Å². The number of halogens is 2. The van der Waals surface area contributed by atoms with E-state index in [-0.39, 0.29) is 17.7 Å². The lowest BCUT2D eigenvalue weighted by molar-refractivity contribution is 0.211. The lowest BCUT2D eigenvalue weighted by Gasteiger charge is -2.40.